The van der Waals surface area contributed by atoms with Crippen LogP contribution >= 0.6 is 0 Å². The molecule has 4 heterocycles. The summed E-state index contributed by atoms with van der Waals surface area (Å²) in [7, 11) is 0. The van der Waals surface area contributed by atoms with Crippen LogP contribution in [-0.2, 0) is 0 Å². The smallest absolute Gasteiger partial charge is 0.345 e. The standard InChI is InChI=1S/C22H23N5O2/c1-13-10-27-12-19(25-21(27)14(2)24-13)18-7-16-3-4-17(8-20(16)29-22(18)28)26-6-5-15(9-23)11-26/h3-4,7-8,10,12,15H,5-6,9,11,23H2,1-2H3. The van der Waals surface area contributed by atoms with Crippen molar-refractivity contribution in [3.8, 4) is 11.3 Å². The van der Waals surface area contributed by atoms with E-state index in [1.807, 2.05) is 48.8 Å². The Balaban J connectivity index is 1.56. The third-order valence-corrected chi connectivity index (χ3v) is 5.71. The molecule has 1 unspecified atom stereocenters. The van der Waals surface area contributed by atoms with E-state index in [9.17, 15) is 4.79 Å². The molecular formula is C22H23N5O2. The molecule has 1 aliphatic heterocycles. The summed E-state index contributed by atoms with van der Waals surface area (Å²) in [6, 6.07) is 7.88. The molecule has 1 aliphatic rings. The molecule has 7 heteroatoms. The van der Waals surface area contributed by atoms with Gasteiger partial charge in [-0.15, -0.1) is 0 Å². The number of nitrogens with zero attached hydrogens (tertiary/aromatic N) is 4. The number of aryl methyl sites for hydroxylation is 2. The maximum absolute atomic E-state index is 12.7. The van der Waals surface area contributed by atoms with Gasteiger partial charge in [0.05, 0.1) is 22.6 Å². The van der Waals surface area contributed by atoms with Crippen LogP contribution in [0, 0.1) is 19.8 Å². The maximum Gasteiger partial charge on any atom is 0.345 e. The predicted molar refractivity (Wildman–Crippen MR) is 113 cm³/mol. The summed E-state index contributed by atoms with van der Waals surface area (Å²) >= 11 is 0. The highest BCUT2D eigenvalue weighted by Gasteiger charge is 2.22. The fourth-order valence-electron chi connectivity index (χ4n) is 4.17. The van der Waals surface area contributed by atoms with E-state index in [0.717, 1.165) is 47.6 Å². The lowest BCUT2D eigenvalue weighted by Gasteiger charge is -2.18. The van der Waals surface area contributed by atoms with Crippen molar-refractivity contribution in [1.82, 2.24) is 14.4 Å². The zero-order valence-electron chi connectivity index (χ0n) is 16.6. The Hall–Kier alpha value is -3.19. The number of hydrogen-bond acceptors (Lipinski definition) is 6. The molecule has 0 aliphatic carbocycles. The van der Waals surface area contributed by atoms with Gasteiger partial charge in [-0.25, -0.2) is 9.78 Å². The van der Waals surface area contributed by atoms with E-state index >= 15 is 0 Å². The van der Waals surface area contributed by atoms with Crippen molar-refractivity contribution in [2.45, 2.75) is 20.3 Å². The Bertz CT molecular complexity index is 1290. The molecule has 1 saturated heterocycles. The van der Waals surface area contributed by atoms with E-state index in [2.05, 4.69) is 20.9 Å². The lowest BCUT2D eigenvalue weighted by molar-refractivity contribution is 0.563. The highest BCUT2D eigenvalue weighted by Crippen LogP contribution is 2.28. The van der Waals surface area contributed by atoms with Crippen LogP contribution in [0.25, 0.3) is 27.9 Å². The summed E-state index contributed by atoms with van der Waals surface area (Å²) in [5.74, 6) is 0.525. The quantitative estimate of drug-likeness (QED) is 0.542. The van der Waals surface area contributed by atoms with Gasteiger partial charge in [-0.2, -0.15) is 0 Å². The number of imidazole rings is 1. The summed E-state index contributed by atoms with van der Waals surface area (Å²) in [6.07, 6.45) is 4.85. The van der Waals surface area contributed by atoms with Crippen molar-refractivity contribution >= 4 is 22.3 Å². The Morgan fingerprint density at radius 2 is 2.07 bits per heavy atom. The molecule has 4 aromatic rings. The second kappa shape index (κ2) is 6.70. The molecule has 148 valence electrons. The SMILES string of the molecule is Cc1cn2cc(-c3cc4ccc(N5CCC(CN)C5)cc4oc3=O)nc2c(C)n1. The number of nitrogens with two attached hydrogens (primary N) is 1. The number of rotatable bonds is 3. The minimum atomic E-state index is -0.387. The molecule has 1 atom stereocenters. The van der Waals surface area contributed by atoms with Crippen molar-refractivity contribution in [3.63, 3.8) is 0 Å². The summed E-state index contributed by atoms with van der Waals surface area (Å²) in [6.45, 7) is 6.47. The molecule has 0 radical (unpaired) electrons. The second-order valence-electron chi connectivity index (χ2n) is 7.83. The van der Waals surface area contributed by atoms with Crippen LogP contribution in [0.4, 0.5) is 5.69 Å². The summed E-state index contributed by atoms with van der Waals surface area (Å²) in [5, 5.41) is 0.876. The topological polar surface area (TPSA) is 89.7 Å². The first-order chi connectivity index (χ1) is 14.0. The van der Waals surface area contributed by atoms with Crippen LogP contribution in [0.3, 0.4) is 0 Å². The van der Waals surface area contributed by atoms with Gasteiger partial charge in [0, 0.05) is 42.6 Å². The Morgan fingerprint density at radius 1 is 1.21 bits per heavy atom. The van der Waals surface area contributed by atoms with Gasteiger partial charge in [-0.05, 0) is 50.9 Å². The number of aromatic nitrogens is 3. The van der Waals surface area contributed by atoms with Gasteiger partial charge in [-0.3, -0.25) is 4.98 Å². The van der Waals surface area contributed by atoms with Gasteiger partial charge in [0.1, 0.15) is 5.58 Å². The Morgan fingerprint density at radius 3 is 2.86 bits per heavy atom. The molecule has 0 amide bonds. The van der Waals surface area contributed by atoms with E-state index in [4.69, 9.17) is 10.2 Å². The third-order valence-electron chi connectivity index (χ3n) is 5.71. The first-order valence-electron chi connectivity index (χ1n) is 9.88. The lowest BCUT2D eigenvalue weighted by Crippen LogP contribution is -2.22. The Kier molecular flexibility index (Phi) is 4.13. The van der Waals surface area contributed by atoms with Gasteiger partial charge in [0.2, 0.25) is 0 Å². The molecule has 5 rings (SSSR count). The number of fused-ring (bicyclic) bond motifs is 2. The fourth-order valence-corrected chi connectivity index (χ4v) is 4.17. The molecule has 1 fully saturated rings. The van der Waals surface area contributed by atoms with Crippen LogP contribution in [-0.4, -0.2) is 34.0 Å². The maximum atomic E-state index is 12.7. The van der Waals surface area contributed by atoms with E-state index in [0.29, 0.717) is 29.3 Å². The largest absolute Gasteiger partial charge is 0.422 e. The molecule has 2 N–H and O–H groups in total. The minimum Gasteiger partial charge on any atom is -0.422 e. The molecule has 7 nitrogen and oxygen atoms in total. The van der Waals surface area contributed by atoms with Gasteiger partial charge >= 0.3 is 5.63 Å². The summed E-state index contributed by atoms with van der Waals surface area (Å²) < 4.78 is 7.58. The summed E-state index contributed by atoms with van der Waals surface area (Å²) in [4.78, 5) is 24.1. The number of anilines is 1. The second-order valence-corrected chi connectivity index (χ2v) is 7.83. The van der Waals surface area contributed by atoms with Crippen LogP contribution in [0.2, 0.25) is 0 Å². The van der Waals surface area contributed by atoms with Crippen molar-refractivity contribution in [1.29, 1.82) is 0 Å². The first kappa shape index (κ1) is 17.9. The molecule has 1 aromatic carbocycles. The molecular weight excluding hydrogens is 366 g/mol. The molecule has 0 bridgehead atoms. The highest BCUT2D eigenvalue weighted by atomic mass is 16.4. The van der Waals surface area contributed by atoms with Gasteiger partial charge in [0.15, 0.2) is 5.65 Å². The van der Waals surface area contributed by atoms with E-state index in [1.54, 1.807) is 0 Å². The zero-order chi connectivity index (χ0) is 20.1. The monoisotopic (exact) mass is 389 g/mol. The number of hydrogen-bond donors (Lipinski definition) is 1. The average molecular weight is 389 g/mol. The average Bonchev–Trinajstić information content (AvgIpc) is 3.34. The summed E-state index contributed by atoms with van der Waals surface area (Å²) in [5.41, 5.74) is 10.6. The van der Waals surface area contributed by atoms with Crippen LogP contribution in [0.15, 0.2) is 45.9 Å². The van der Waals surface area contributed by atoms with Crippen LogP contribution < -0.4 is 16.3 Å². The zero-order valence-corrected chi connectivity index (χ0v) is 16.6. The van der Waals surface area contributed by atoms with Gasteiger partial charge in [0.25, 0.3) is 0 Å². The minimum absolute atomic E-state index is 0.387. The molecule has 0 spiro atoms. The Labute approximate surface area is 167 Å². The van der Waals surface area contributed by atoms with E-state index < -0.39 is 0 Å². The normalized spacial score (nSPS) is 16.9. The van der Waals surface area contributed by atoms with Crippen molar-refractivity contribution in [2.75, 3.05) is 24.5 Å². The van der Waals surface area contributed by atoms with Crippen LogP contribution in [0.1, 0.15) is 17.8 Å². The number of benzene rings is 1. The van der Waals surface area contributed by atoms with Gasteiger partial charge < -0.3 is 19.5 Å². The third kappa shape index (κ3) is 3.07. The van der Waals surface area contributed by atoms with Crippen molar-refractivity contribution in [3.05, 3.63) is 58.5 Å². The van der Waals surface area contributed by atoms with Crippen molar-refractivity contribution < 1.29 is 4.42 Å². The molecule has 3 aromatic heterocycles. The first-order valence-corrected chi connectivity index (χ1v) is 9.88. The predicted octanol–water partition coefficient (Wildman–Crippen LogP) is 2.90. The molecule has 29 heavy (non-hydrogen) atoms. The van der Waals surface area contributed by atoms with Crippen molar-refractivity contribution in [2.24, 2.45) is 11.7 Å². The van der Waals surface area contributed by atoms with Gasteiger partial charge in [-0.1, -0.05) is 0 Å². The van der Waals surface area contributed by atoms with Crippen LogP contribution in [0.5, 0.6) is 0 Å². The van der Waals surface area contributed by atoms with E-state index in [-0.39, 0.29) is 5.63 Å². The highest BCUT2D eigenvalue weighted by molar-refractivity contribution is 5.84. The fraction of sp³-hybridized carbons (Fsp3) is 0.318. The molecule has 0 saturated carbocycles. The lowest BCUT2D eigenvalue weighted by atomic mass is 10.1. The van der Waals surface area contributed by atoms with E-state index in [1.165, 1.54) is 0 Å².